The van der Waals surface area contributed by atoms with E-state index in [4.69, 9.17) is 4.74 Å². The summed E-state index contributed by atoms with van der Waals surface area (Å²) in [5, 5.41) is 3.98. The van der Waals surface area contributed by atoms with Gasteiger partial charge in [-0.1, -0.05) is 0 Å². The second-order valence-electron chi connectivity index (χ2n) is 4.34. The van der Waals surface area contributed by atoms with Gasteiger partial charge in [0, 0.05) is 0 Å². The summed E-state index contributed by atoms with van der Waals surface area (Å²) >= 11 is 3.36. The first kappa shape index (κ1) is 16.4. The number of alkyl halides is 3. The van der Waals surface area contributed by atoms with E-state index in [1.165, 1.54) is 12.1 Å². The summed E-state index contributed by atoms with van der Waals surface area (Å²) in [6.45, 7) is 0. The molecule has 0 unspecified atom stereocenters. The maximum absolute atomic E-state index is 12.4. The summed E-state index contributed by atoms with van der Waals surface area (Å²) in [5.74, 6) is 0.702. The molecule has 3 nitrogen and oxygen atoms in total. The minimum Gasteiger partial charge on any atom is -0.496 e. The van der Waals surface area contributed by atoms with Crippen molar-refractivity contribution in [2.75, 3.05) is 12.5 Å². The van der Waals surface area contributed by atoms with E-state index in [0.717, 1.165) is 22.2 Å². The number of ether oxygens (including phenoxy) is 1. The number of nitrogens with zero attached hydrogens (tertiary/aromatic N) is 1. The van der Waals surface area contributed by atoms with Crippen LogP contribution in [0.15, 0.2) is 52.0 Å². The van der Waals surface area contributed by atoms with Crippen LogP contribution in [0, 0.1) is 0 Å². The Bertz CT molecular complexity index is 669. The lowest BCUT2D eigenvalue weighted by molar-refractivity contribution is -0.137. The topological polar surface area (TPSA) is 33.6 Å². The minimum atomic E-state index is -4.34. The summed E-state index contributed by atoms with van der Waals surface area (Å²) < 4.78 is 43.2. The molecule has 0 saturated heterocycles. The van der Waals surface area contributed by atoms with Crippen LogP contribution < -0.4 is 10.2 Å². The maximum Gasteiger partial charge on any atom is 0.416 e. The molecule has 0 atom stereocenters. The molecule has 0 saturated carbocycles. The van der Waals surface area contributed by atoms with Crippen LogP contribution in [0.4, 0.5) is 18.9 Å². The van der Waals surface area contributed by atoms with E-state index in [1.54, 1.807) is 19.4 Å². The van der Waals surface area contributed by atoms with E-state index in [0.29, 0.717) is 11.4 Å². The Hall–Kier alpha value is -2.02. The fourth-order valence-corrected chi connectivity index (χ4v) is 2.24. The number of rotatable bonds is 4. The van der Waals surface area contributed by atoms with E-state index in [9.17, 15) is 13.2 Å². The number of hydrogen-bond acceptors (Lipinski definition) is 3. The average molecular weight is 373 g/mol. The van der Waals surface area contributed by atoms with Gasteiger partial charge in [0.05, 0.1) is 29.0 Å². The predicted octanol–water partition coefficient (Wildman–Crippen LogP) is 4.92. The number of methoxy groups -OCH3 is 1. The van der Waals surface area contributed by atoms with Crippen LogP contribution in [-0.2, 0) is 6.18 Å². The highest BCUT2D eigenvalue weighted by molar-refractivity contribution is 9.10. The highest BCUT2D eigenvalue weighted by Crippen LogP contribution is 2.29. The van der Waals surface area contributed by atoms with Crippen molar-refractivity contribution in [3.05, 3.63) is 58.1 Å². The molecule has 0 spiro atoms. The molecule has 7 heteroatoms. The lowest BCUT2D eigenvalue weighted by Gasteiger charge is -2.07. The number of hydrazone groups is 1. The van der Waals surface area contributed by atoms with Gasteiger partial charge in [0.25, 0.3) is 0 Å². The monoisotopic (exact) mass is 372 g/mol. The summed E-state index contributed by atoms with van der Waals surface area (Å²) in [5.41, 5.74) is 3.26. The van der Waals surface area contributed by atoms with Gasteiger partial charge in [-0.25, -0.2) is 0 Å². The Morgan fingerprint density at radius 3 is 2.36 bits per heavy atom. The SMILES string of the molecule is COc1ccc(C=NNc2ccc(C(F)(F)F)cc2)cc1Br. The summed E-state index contributed by atoms with van der Waals surface area (Å²) in [6, 6.07) is 10.1. The molecule has 116 valence electrons. The molecule has 0 aliphatic heterocycles. The molecule has 2 aromatic carbocycles. The third-order valence-corrected chi connectivity index (χ3v) is 3.42. The molecule has 0 radical (unpaired) electrons. The van der Waals surface area contributed by atoms with E-state index >= 15 is 0 Å². The zero-order valence-corrected chi connectivity index (χ0v) is 13.1. The van der Waals surface area contributed by atoms with Gasteiger partial charge >= 0.3 is 6.18 Å². The van der Waals surface area contributed by atoms with Gasteiger partial charge in [0.2, 0.25) is 0 Å². The van der Waals surface area contributed by atoms with Crippen molar-refractivity contribution in [1.82, 2.24) is 0 Å². The van der Waals surface area contributed by atoms with E-state index in [1.807, 2.05) is 12.1 Å². The molecule has 0 aromatic heterocycles. The van der Waals surface area contributed by atoms with Crippen molar-refractivity contribution in [2.45, 2.75) is 6.18 Å². The summed E-state index contributed by atoms with van der Waals surface area (Å²) in [7, 11) is 1.57. The Balaban J connectivity index is 2.02. The van der Waals surface area contributed by atoms with Crippen LogP contribution >= 0.6 is 15.9 Å². The standard InChI is InChI=1S/C15H12BrF3N2O/c1-22-14-7-2-10(8-13(14)16)9-20-21-12-5-3-11(4-6-12)15(17,18)19/h2-9,21H,1H3. The maximum atomic E-state index is 12.4. The molecule has 22 heavy (non-hydrogen) atoms. The summed E-state index contributed by atoms with van der Waals surface area (Å²) in [4.78, 5) is 0. The molecular weight excluding hydrogens is 361 g/mol. The average Bonchev–Trinajstić information content (AvgIpc) is 2.47. The lowest BCUT2D eigenvalue weighted by atomic mass is 10.2. The first-order valence-corrected chi connectivity index (χ1v) is 6.99. The fourth-order valence-electron chi connectivity index (χ4n) is 1.68. The van der Waals surface area contributed by atoms with E-state index < -0.39 is 11.7 Å². The van der Waals surface area contributed by atoms with Gasteiger partial charge in [0.15, 0.2) is 0 Å². The molecule has 0 bridgehead atoms. The Kier molecular flexibility index (Phi) is 5.07. The molecule has 0 amide bonds. The Labute approximate surface area is 133 Å². The molecule has 0 heterocycles. The van der Waals surface area contributed by atoms with E-state index in [-0.39, 0.29) is 0 Å². The van der Waals surface area contributed by atoms with Crippen molar-refractivity contribution in [3.8, 4) is 5.75 Å². The number of halogens is 4. The predicted molar refractivity (Wildman–Crippen MR) is 83.4 cm³/mol. The van der Waals surface area contributed by atoms with Crippen molar-refractivity contribution >= 4 is 27.8 Å². The third kappa shape index (κ3) is 4.24. The first-order valence-electron chi connectivity index (χ1n) is 6.20. The van der Waals surface area contributed by atoms with Crippen LogP contribution in [0.3, 0.4) is 0 Å². The second kappa shape index (κ2) is 6.83. The van der Waals surface area contributed by atoms with Gasteiger partial charge in [-0.2, -0.15) is 18.3 Å². The van der Waals surface area contributed by atoms with Crippen molar-refractivity contribution in [1.29, 1.82) is 0 Å². The molecule has 2 aromatic rings. The minimum absolute atomic E-state index is 0.469. The number of anilines is 1. The smallest absolute Gasteiger partial charge is 0.416 e. The van der Waals surface area contributed by atoms with Crippen LogP contribution in [0.1, 0.15) is 11.1 Å². The largest absolute Gasteiger partial charge is 0.496 e. The van der Waals surface area contributed by atoms with Crippen LogP contribution in [0.25, 0.3) is 0 Å². The van der Waals surface area contributed by atoms with Gasteiger partial charge in [-0.05, 0) is 64.0 Å². The third-order valence-electron chi connectivity index (χ3n) is 2.80. The molecule has 0 aliphatic carbocycles. The van der Waals surface area contributed by atoms with Crippen LogP contribution in [0.5, 0.6) is 5.75 Å². The van der Waals surface area contributed by atoms with Gasteiger partial charge in [-0.3, -0.25) is 5.43 Å². The highest BCUT2D eigenvalue weighted by atomic mass is 79.9. The zero-order valence-electron chi connectivity index (χ0n) is 11.5. The van der Waals surface area contributed by atoms with Crippen LogP contribution in [-0.4, -0.2) is 13.3 Å². The quantitative estimate of drug-likeness (QED) is 0.610. The molecule has 1 N–H and O–H groups in total. The lowest BCUT2D eigenvalue weighted by Crippen LogP contribution is -2.04. The molecule has 2 rings (SSSR count). The van der Waals surface area contributed by atoms with Gasteiger partial charge in [0.1, 0.15) is 5.75 Å². The highest BCUT2D eigenvalue weighted by Gasteiger charge is 2.29. The Morgan fingerprint density at radius 1 is 1.14 bits per heavy atom. The zero-order chi connectivity index (χ0) is 16.2. The van der Waals surface area contributed by atoms with Gasteiger partial charge in [-0.15, -0.1) is 0 Å². The summed E-state index contributed by atoms with van der Waals surface area (Å²) in [6.07, 6.45) is -2.78. The van der Waals surface area contributed by atoms with Crippen LogP contribution in [0.2, 0.25) is 0 Å². The molecule has 0 aliphatic rings. The van der Waals surface area contributed by atoms with E-state index in [2.05, 4.69) is 26.5 Å². The van der Waals surface area contributed by atoms with Crippen molar-refractivity contribution in [2.24, 2.45) is 5.10 Å². The van der Waals surface area contributed by atoms with Gasteiger partial charge < -0.3 is 4.74 Å². The second-order valence-corrected chi connectivity index (χ2v) is 5.19. The normalized spacial score (nSPS) is 11.7. The Morgan fingerprint density at radius 2 is 1.82 bits per heavy atom. The number of hydrogen-bond donors (Lipinski definition) is 1. The molecule has 0 fully saturated rings. The molecular formula is C15H12BrF3N2O. The first-order chi connectivity index (χ1) is 10.4. The van der Waals surface area contributed by atoms with Crippen molar-refractivity contribution < 1.29 is 17.9 Å². The van der Waals surface area contributed by atoms with Crippen molar-refractivity contribution in [3.63, 3.8) is 0 Å². The number of nitrogens with one attached hydrogen (secondary N) is 1. The number of benzene rings is 2. The fraction of sp³-hybridized carbons (Fsp3) is 0.133.